The molecule has 1 aromatic rings. The van der Waals surface area contributed by atoms with E-state index < -0.39 is 0 Å². The van der Waals surface area contributed by atoms with Crippen LogP contribution >= 0.6 is 24.0 Å². The van der Waals surface area contributed by atoms with Gasteiger partial charge in [0.25, 0.3) is 5.91 Å². The summed E-state index contributed by atoms with van der Waals surface area (Å²) in [5.74, 6) is 1.08. The van der Waals surface area contributed by atoms with Gasteiger partial charge in [0.1, 0.15) is 4.99 Å². The summed E-state index contributed by atoms with van der Waals surface area (Å²) in [6.07, 6.45) is 0. The molecule has 5 heteroatoms. The Bertz CT molecular complexity index is 497. The third-order valence-corrected chi connectivity index (χ3v) is 4.66. The Labute approximate surface area is 123 Å². The van der Waals surface area contributed by atoms with Gasteiger partial charge >= 0.3 is 0 Å². The molecule has 0 saturated carbocycles. The van der Waals surface area contributed by atoms with Gasteiger partial charge in [-0.25, -0.2) is 0 Å². The van der Waals surface area contributed by atoms with Crippen molar-refractivity contribution in [1.29, 1.82) is 0 Å². The fourth-order valence-electron chi connectivity index (χ4n) is 2.15. The topological polar surface area (TPSA) is 46.3 Å². The number of thioether (sulfide) groups is 1. The van der Waals surface area contributed by atoms with Crippen LogP contribution in [-0.4, -0.2) is 39.4 Å². The molecule has 1 heterocycles. The maximum atomic E-state index is 12.4. The molecule has 19 heavy (non-hydrogen) atoms. The van der Waals surface area contributed by atoms with Gasteiger partial charge in [-0.2, -0.15) is 11.8 Å². The summed E-state index contributed by atoms with van der Waals surface area (Å²) in [4.78, 5) is 14.7. The number of amides is 1. The van der Waals surface area contributed by atoms with E-state index in [1.165, 1.54) is 0 Å². The lowest BCUT2D eigenvalue weighted by atomic mass is 10.1. The van der Waals surface area contributed by atoms with Crippen molar-refractivity contribution in [2.45, 2.75) is 18.6 Å². The number of carbonyl (C=O) groups is 1. The highest BCUT2D eigenvalue weighted by Crippen LogP contribution is 2.30. The second kappa shape index (κ2) is 5.51. The van der Waals surface area contributed by atoms with Crippen molar-refractivity contribution in [2.75, 3.05) is 18.8 Å². The van der Waals surface area contributed by atoms with E-state index >= 15 is 0 Å². The van der Waals surface area contributed by atoms with E-state index in [0.717, 1.165) is 24.4 Å². The third kappa shape index (κ3) is 3.48. The maximum absolute atomic E-state index is 12.4. The van der Waals surface area contributed by atoms with Crippen molar-refractivity contribution in [2.24, 2.45) is 5.73 Å². The molecule has 1 saturated heterocycles. The van der Waals surface area contributed by atoms with Gasteiger partial charge in [-0.05, 0) is 26.0 Å². The highest BCUT2D eigenvalue weighted by molar-refractivity contribution is 8.00. The van der Waals surface area contributed by atoms with Gasteiger partial charge in [-0.15, -0.1) is 0 Å². The maximum Gasteiger partial charge on any atom is 0.253 e. The van der Waals surface area contributed by atoms with E-state index in [9.17, 15) is 4.79 Å². The zero-order chi connectivity index (χ0) is 14.0. The summed E-state index contributed by atoms with van der Waals surface area (Å²) in [7, 11) is 0. The average Bonchev–Trinajstić information content (AvgIpc) is 2.37. The molecule has 3 nitrogen and oxygen atoms in total. The molecule has 1 aliphatic heterocycles. The molecule has 1 fully saturated rings. The first-order chi connectivity index (χ1) is 8.89. The predicted octanol–water partition coefficient (Wildman–Crippen LogP) is 2.29. The second-order valence-corrected chi connectivity index (χ2v) is 7.52. The summed E-state index contributed by atoms with van der Waals surface area (Å²) < 4.78 is 0.132. The first-order valence-corrected chi connectivity index (χ1v) is 7.61. The second-order valence-electron chi connectivity index (χ2n) is 5.28. The standard InChI is InChI=1S/C14H18N2OS2/c1-14(2)9-16(7-8-19-14)13(17)11-5-3-10(4-6-11)12(15)18/h3-6H,7-9H2,1-2H3,(H2,15,18). The quantitative estimate of drug-likeness (QED) is 0.850. The highest BCUT2D eigenvalue weighted by atomic mass is 32.2. The van der Waals surface area contributed by atoms with E-state index in [2.05, 4.69) is 13.8 Å². The molecule has 1 aliphatic rings. The number of nitrogens with two attached hydrogens (primary N) is 1. The monoisotopic (exact) mass is 294 g/mol. The van der Waals surface area contributed by atoms with Crippen LogP contribution < -0.4 is 5.73 Å². The van der Waals surface area contributed by atoms with E-state index in [1.54, 1.807) is 24.3 Å². The Balaban J connectivity index is 2.13. The van der Waals surface area contributed by atoms with Gasteiger partial charge in [0.2, 0.25) is 0 Å². The highest BCUT2D eigenvalue weighted by Gasteiger charge is 2.30. The molecule has 0 aliphatic carbocycles. The Morgan fingerprint density at radius 2 is 1.89 bits per heavy atom. The Hall–Kier alpha value is -1.07. The van der Waals surface area contributed by atoms with Gasteiger partial charge in [-0.3, -0.25) is 4.79 Å². The number of carbonyl (C=O) groups excluding carboxylic acids is 1. The van der Waals surface area contributed by atoms with Crippen LogP contribution in [0.3, 0.4) is 0 Å². The largest absolute Gasteiger partial charge is 0.389 e. The van der Waals surface area contributed by atoms with Crippen LogP contribution in [0.25, 0.3) is 0 Å². The molecule has 0 aromatic heterocycles. The molecule has 0 bridgehead atoms. The minimum Gasteiger partial charge on any atom is -0.389 e. The minimum atomic E-state index is 0.0860. The average molecular weight is 294 g/mol. The molecule has 102 valence electrons. The zero-order valence-corrected chi connectivity index (χ0v) is 12.8. The minimum absolute atomic E-state index is 0.0860. The molecule has 2 N–H and O–H groups in total. The van der Waals surface area contributed by atoms with Crippen molar-refractivity contribution >= 4 is 34.9 Å². The summed E-state index contributed by atoms with van der Waals surface area (Å²) >= 11 is 6.82. The van der Waals surface area contributed by atoms with Crippen LogP contribution in [0.1, 0.15) is 29.8 Å². The summed E-state index contributed by atoms with van der Waals surface area (Å²) in [5, 5.41) is 0. The van der Waals surface area contributed by atoms with Gasteiger partial charge in [0, 0.05) is 34.7 Å². The van der Waals surface area contributed by atoms with E-state index in [-0.39, 0.29) is 10.7 Å². The zero-order valence-electron chi connectivity index (χ0n) is 11.2. The van der Waals surface area contributed by atoms with Crippen LogP contribution in [0.2, 0.25) is 0 Å². The lowest BCUT2D eigenvalue weighted by Crippen LogP contribution is -2.46. The van der Waals surface area contributed by atoms with Gasteiger partial charge < -0.3 is 10.6 Å². The van der Waals surface area contributed by atoms with Crippen LogP contribution in [0, 0.1) is 0 Å². The van der Waals surface area contributed by atoms with Crippen LogP contribution in [0.15, 0.2) is 24.3 Å². The van der Waals surface area contributed by atoms with E-state index in [1.807, 2.05) is 16.7 Å². The molecular formula is C14H18N2OS2. The third-order valence-electron chi connectivity index (χ3n) is 3.13. The number of thiocarbonyl (C=S) groups is 1. The van der Waals surface area contributed by atoms with Crippen molar-refractivity contribution in [1.82, 2.24) is 4.90 Å². The van der Waals surface area contributed by atoms with Gasteiger partial charge in [-0.1, -0.05) is 24.4 Å². The summed E-state index contributed by atoms with van der Waals surface area (Å²) in [5.41, 5.74) is 7.04. The van der Waals surface area contributed by atoms with Crippen LogP contribution in [0.4, 0.5) is 0 Å². The summed E-state index contributed by atoms with van der Waals surface area (Å²) in [6, 6.07) is 7.20. The van der Waals surface area contributed by atoms with Gasteiger partial charge in [0.15, 0.2) is 0 Å². The first kappa shape index (κ1) is 14.3. The number of hydrogen-bond donors (Lipinski definition) is 1. The van der Waals surface area contributed by atoms with Crippen molar-refractivity contribution in [3.63, 3.8) is 0 Å². The van der Waals surface area contributed by atoms with Crippen molar-refractivity contribution in [3.8, 4) is 0 Å². The molecule has 0 atom stereocenters. The van der Waals surface area contributed by atoms with Crippen molar-refractivity contribution < 1.29 is 4.79 Å². The molecule has 1 amide bonds. The number of rotatable bonds is 2. The SMILES string of the molecule is CC1(C)CN(C(=O)c2ccc(C(N)=S)cc2)CCS1. The molecule has 0 radical (unpaired) electrons. The molecule has 1 aromatic carbocycles. The normalized spacial score (nSPS) is 18.1. The molecule has 0 spiro atoms. The van der Waals surface area contributed by atoms with Crippen molar-refractivity contribution in [3.05, 3.63) is 35.4 Å². The Kier molecular flexibility index (Phi) is 4.16. The molecule has 2 rings (SSSR count). The number of nitrogens with zero attached hydrogens (tertiary/aromatic N) is 1. The Morgan fingerprint density at radius 3 is 2.42 bits per heavy atom. The molecular weight excluding hydrogens is 276 g/mol. The number of hydrogen-bond acceptors (Lipinski definition) is 3. The summed E-state index contributed by atoms with van der Waals surface area (Å²) in [6.45, 7) is 5.94. The van der Waals surface area contributed by atoms with E-state index in [0.29, 0.717) is 10.6 Å². The number of benzene rings is 1. The van der Waals surface area contributed by atoms with E-state index in [4.69, 9.17) is 18.0 Å². The lowest BCUT2D eigenvalue weighted by Gasteiger charge is -2.37. The van der Waals surface area contributed by atoms with Gasteiger partial charge in [0.05, 0.1) is 0 Å². The fourth-order valence-corrected chi connectivity index (χ4v) is 3.40. The van der Waals surface area contributed by atoms with Crippen LogP contribution in [0.5, 0.6) is 0 Å². The first-order valence-electron chi connectivity index (χ1n) is 6.22. The predicted molar refractivity (Wildman–Crippen MR) is 84.8 cm³/mol. The Morgan fingerprint density at radius 1 is 1.32 bits per heavy atom. The molecule has 0 unspecified atom stereocenters. The van der Waals surface area contributed by atoms with Crippen LogP contribution in [-0.2, 0) is 0 Å². The fraction of sp³-hybridized carbons (Fsp3) is 0.429. The lowest BCUT2D eigenvalue weighted by molar-refractivity contribution is 0.0748. The smallest absolute Gasteiger partial charge is 0.253 e.